The molecule has 0 saturated carbocycles. The minimum atomic E-state index is -0.338. The molecule has 0 aromatic heterocycles. The van der Waals surface area contributed by atoms with Gasteiger partial charge in [-0.3, -0.25) is 95.9 Å². The van der Waals surface area contributed by atoms with Crippen LogP contribution in [0.1, 0.15) is 276 Å². The fourth-order valence-corrected chi connectivity index (χ4v) is 4.19. The van der Waals surface area contributed by atoms with E-state index in [1.807, 2.05) is 0 Å². The van der Waals surface area contributed by atoms with Crippen molar-refractivity contribution in [1.29, 1.82) is 0 Å². The average Bonchev–Trinajstić information content (AvgIpc) is 1.09. The van der Waals surface area contributed by atoms with E-state index in [1.54, 1.807) is 138 Å². The van der Waals surface area contributed by atoms with Gasteiger partial charge in [0.15, 0.2) is 0 Å². The van der Waals surface area contributed by atoms with Crippen LogP contribution in [0.15, 0.2) is 0 Å². The Hall–Kier alpha value is -10.6. The molecule has 0 aromatic rings. The first-order valence-corrected chi connectivity index (χ1v) is 38.8. The van der Waals surface area contributed by atoms with E-state index in [2.05, 4.69) is 94.7 Å². The van der Waals surface area contributed by atoms with E-state index in [4.69, 9.17) is 5.11 Å². The summed E-state index contributed by atoms with van der Waals surface area (Å²) in [6.07, 6.45) is 0.105. The number of rotatable bonds is 22. The Morgan fingerprint density at radius 2 is 0.189 bits per heavy atom. The van der Waals surface area contributed by atoms with Crippen molar-refractivity contribution < 1.29 is 196 Å². The summed E-state index contributed by atoms with van der Waals surface area (Å²) in [5.74, 6) is -4.34. The van der Waals surface area contributed by atoms with Crippen LogP contribution in [0, 0.1) is 0 Å². The Morgan fingerprint density at radius 1 is 0.131 bits per heavy atom. The zero-order valence-electron chi connectivity index (χ0n) is 81.3. The Bertz CT molecular complexity index is 1760. The summed E-state index contributed by atoms with van der Waals surface area (Å²) >= 11 is 0. The molecule has 0 aliphatic rings. The molecule has 732 valence electrons. The van der Waals surface area contributed by atoms with Crippen LogP contribution >= 0.6 is 0 Å². The summed E-state index contributed by atoms with van der Waals surface area (Å²) in [6.45, 7) is 71.4. The van der Waals surface area contributed by atoms with Gasteiger partial charge in [0, 0.05) is 132 Å². The van der Waals surface area contributed by atoms with Crippen LogP contribution in [0.25, 0.3) is 0 Å². The van der Waals surface area contributed by atoms with Crippen LogP contribution in [0.5, 0.6) is 0 Å². The highest BCUT2D eigenvalue weighted by molar-refractivity contribution is 5.71. The van der Waals surface area contributed by atoms with Crippen LogP contribution in [0.3, 0.4) is 0 Å². The molecule has 41 nitrogen and oxygen atoms in total. The van der Waals surface area contributed by atoms with Crippen molar-refractivity contribution in [1.82, 2.24) is 0 Å². The molecule has 0 unspecified atom stereocenters. The van der Waals surface area contributed by atoms with Gasteiger partial charge in [-0.05, 0) is 138 Å². The van der Waals surface area contributed by atoms with E-state index >= 15 is 0 Å². The molecule has 0 spiro atoms. The monoisotopic (exact) mass is 1790 g/mol. The highest BCUT2D eigenvalue weighted by Crippen LogP contribution is 1.83. The number of aliphatic hydroxyl groups excluding tert-OH is 1. The van der Waals surface area contributed by atoms with Crippen molar-refractivity contribution in [2.24, 2.45) is 0 Å². The molecule has 0 aromatic carbocycles. The first-order valence-electron chi connectivity index (χ1n) is 38.8. The van der Waals surface area contributed by atoms with Gasteiger partial charge in [-0.2, -0.15) is 0 Å². The molecule has 0 saturated heterocycles. The largest absolute Gasteiger partial charge is 0.466 e. The third-order valence-electron chi connectivity index (χ3n) is 7.23. The molecule has 0 aliphatic carbocycles. The summed E-state index contributed by atoms with van der Waals surface area (Å²) in [5, 5.41) is 8.16. The Morgan fingerprint density at radius 3 is 0.213 bits per heavy atom. The summed E-state index contributed by atoms with van der Waals surface area (Å²) in [4.78, 5) is 197. The number of aliphatic hydroxyl groups is 1. The first-order chi connectivity index (χ1) is 56.4. The van der Waals surface area contributed by atoms with Gasteiger partial charge < -0.3 is 99.8 Å². The third kappa shape index (κ3) is 468. The highest BCUT2D eigenvalue weighted by Gasteiger charge is 1.97. The van der Waals surface area contributed by atoms with Crippen molar-refractivity contribution in [3.05, 3.63) is 0 Å². The molecule has 122 heavy (non-hydrogen) atoms. The fraction of sp³-hybridized carbons (Fsp3) is 0.753. The number of carbonyl (C=O) groups excluding carboxylic acids is 20. The third-order valence-corrected chi connectivity index (χ3v) is 7.23. The Balaban J connectivity index is -0.0000000499. The predicted molar refractivity (Wildman–Crippen MR) is 452 cm³/mol. The Kier molecular flexibility index (Phi) is 211. The van der Waals surface area contributed by atoms with Gasteiger partial charge in [-0.15, -0.1) is 0 Å². The van der Waals surface area contributed by atoms with Crippen LogP contribution in [0.2, 0.25) is 0 Å². The number of hydrogen-bond donors (Lipinski definition) is 1. The lowest BCUT2D eigenvalue weighted by Crippen LogP contribution is -2.05. The van der Waals surface area contributed by atoms with Crippen LogP contribution in [0.4, 0.5) is 0 Å². The van der Waals surface area contributed by atoms with E-state index in [-0.39, 0.29) is 132 Å². The lowest BCUT2D eigenvalue weighted by molar-refractivity contribution is -0.144. The summed E-state index contributed by atoms with van der Waals surface area (Å²) in [6, 6.07) is 0. The standard InChI is InChI=1S/C5H10O3.19C4H8O2/c1-2-8-5(7)3-4-6;19*1-3-6-4(2)5/h6H,2-4H2,1H3;19*3H2,1-2H3. The van der Waals surface area contributed by atoms with Gasteiger partial charge >= 0.3 is 119 Å². The van der Waals surface area contributed by atoms with E-state index in [9.17, 15) is 95.9 Å². The molecular formula is C81H162O41. The molecule has 0 amide bonds. The van der Waals surface area contributed by atoms with E-state index in [0.29, 0.717) is 132 Å². The minimum Gasteiger partial charge on any atom is -0.466 e. The van der Waals surface area contributed by atoms with Gasteiger partial charge in [0.25, 0.3) is 0 Å². The number of hydrogen-bond acceptors (Lipinski definition) is 41. The van der Waals surface area contributed by atoms with E-state index < -0.39 is 0 Å². The second kappa shape index (κ2) is 158. The molecule has 0 rings (SSSR count). The zero-order valence-corrected chi connectivity index (χ0v) is 81.3. The highest BCUT2D eigenvalue weighted by atomic mass is 16.6. The van der Waals surface area contributed by atoms with Gasteiger partial charge in [-0.25, -0.2) is 0 Å². The van der Waals surface area contributed by atoms with Crippen molar-refractivity contribution in [2.75, 3.05) is 139 Å². The molecule has 0 heterocycles. The molecule has 0 bridgehead atoms. The summed E-state index contributed by atoms with van der Waals surface area (Å²) in [7, 11) is 0. The quantitative estimate of drug-likeness (QED) is 0.0777. The van der Waals surface area contributed by atoms with Crippen molar-refractivity contribution in [3.63, 3.8) is 0 Å². The molecule has 0 radical (unpaired) electrons. The maximum Gasteiger partial charge on any atom is 0.308 e. The van der Waals surface area contributed by atoms with Crippen molar-refractivity contribution in [2.45, 2.75) is 276 Å². The first kappa shape index (κ1) is 162. The number of ether oxygens (including phenoxy) is 20. The van der Waals surface area contributed by atoms with Crippen LogP contribution in [-0.2, 0) is 191 Å². The van der Waals surface area contributed by atoms with E-state index in [1.165, 1.54) is 132 Å². The number of esters is 20. The maximum absolute atomic E-state index is 10.3. The van der Waals surface area contributed by atoms with Gasteiger partial charge in [-0.1, -0.05) is 0 Å². The lowest BCUT2D eigenvalue weighted by atomic mass is 10.5. The van der Waals surface area contributed by atoms with Crippen LogP contribution in [-0.4, -0.2) is 263 Å². The van der Waals surface area contributed by atoms with Gasteiger partial charge in [0.1, 0.15) is 0 Å². The maximum atomic E-state index is 10.3. The molecule has 0 atom stereocenters. The average molecular weight is 1790 g/mol. The lowest BCUT2D eigenvalue weighted by Gasteiger charge is -1.96. The van der Waals surface area contributed by atoms with E-state index in [0.717, 1.165) is 0 Å². The molecule has 0 fully saturated rings. The Labute approximate surface area is 727 Å². The van der Waals surface area contributed by atoms with Gasteiger partial charge in [0.2, 0.25) is 0 Å². The van der Waals surface area contributed by atoms with Crippen LogP contribution < -0.4 is 0 Å². The minimum absolute atomic E-state index is 0.105. The van der Waals surface area contributed by atoms with Crippen molar-refractivity contribution in [3.8, 4) is 0 Å². The molecular weight excluding hydrogens is 1630 g/mol. The van der Waals surface area contributed by atoms with Gasteiger partial charge in [0.05, 0.1) is 145 Å². The SMILES string of the molecule is CCOC(=O)CCO.CCOC(C)=O.CCOC(C)=O.CCOC(C)=O.CCOC(C)=O.CCOC(C)=O.CCOC(C)=O.CCOC(C)=O.CCOC(C)=O.CCOC(C)=O.CCOC(C)=O.CCOC(C)=O.CCOC(C)=O.CCOC(C)=O.CCOC(C)=O.CCOC(C)=O.CCOC(C)=O.CCOC(C)=O.CCOC(C)=O.CCOC(C)=O. The normalized spacial score (nSPS) is 7.74. The smallest absolute Gasteiger partial charge is 0.308 e. The second-order valence-electron chi connectivity index (χ2n) is 18.8. The molecule has 0 aliphatic heterocycles. The van der Waals surface area contributed by atoms with Crippen molar-refractivity contribution >= 4 is 119 Å². The zero-order chi connectivity index (χ0) is 101. The summed E-state index contributed by atoms with van der Waals surface area (Å²) in [5.41, 5.74) is 0. The summed E-state index contributed by atoms with van der Waals surface area (Å²) < 4.78 is 88.1. The molecule has 41 heteroatoms. The topological polar surface area (TPSA) is 546 Å². The predicted octanol–water partition coefficient (Wildman–Crippen LogP) is 10.8. The molecule has 1 N–H and O–H groups in total. The second-order valence-corrected chi connectivity index (χ2v) is 18.8. The fourth-order valence-electron chi connectivity index (χ4n) is 4.19. The number of carbonyl (C=O) groups is 20.